The number of phenols is 1. The van der Waals surface area contributed by atoms with Crippen LogP contribution in [0, 0.1) is 10.1 Å². The number of hydrogen-bond donors (Lipinski definition) is 2. The number of rotatable bonds is 5. The zero-order chi connectivity index (χ0) is 13.7. The summed E-state index contributed by atoms with van der Waals surface area (Å²) < 4.78 is 0. The summed E-state index contributed by atoms with van der Waals surface area (Å²) in [5.41, 5.74) is -0.551. The number of hydrogen-bond acceptors (Lipinski definition) is 5. The van der Waals surface area contributed by atoms with E-state index in [1.54, 1.807) is 6.92 Å². The fourth-order valence-corrected chi connectivity index (χ4v) is 1.55. The number of carbonyl (C=O) groups is 1. The number of benzene rings is 1. The Morgan fingerprint density at radius 2 is 2.17 bits per heavy atom. The van der Waals surface area contributed by atoms with E-state index < -0.39 is 10.8 Å². The van der Waals surface area contributed by atoms with E-state index >= 15 is 0 Å². The summed E-state index contributed by atoms with van der Waals surface area (Å²) in [5, 5.41) is 28.9. The van der Waals surface area contributed by atoms with E-state index in [2.05, 4.69) is 0 Å². The van der Waals surface area contributed by atoms with Gasteiger partial charge in [-0.2, -0.15) is 0 Å². The Bertz CT molecular complexity index is 461. The summed E-state index contributed by atoms with van der Waals surface area (Å²) in [7, 11) is 0. The fourth-order valence-electron chi connectivity index (χ4n) is 1.55. The molecule has 0 aromatic heterocycles. The molecule has 1 rings (SSSR count). The Morgan fingerprint density at radius 1 is 1.50 bits per heavy atom. The van der Waals surface area contributed by atoms with Crippen LogP contribution in [0.3, 0.4) is 0 Å². The van der Waals surface area contributed by atoms with E-state index in [0.717, 1.165) is 18.2 Å². The van der Waals surface area contributed by atoms with Gasteiger partial charge in [-0.15, -0.1) is 0 Å². The second-order valence-electron chi connectivity index (χ2n) is 3.57. The van der Waals surface area contributed by atoms with Crippen LogP contribution in [-0.4, -0.2) is 45.6 Å². The molecule has 1 aromatic rings. The highest BCUT2D eigenvalue weighted by Gasteiger charge is 2.24. The van der Waals surface area contributed by atoms with Crippen LogP contribution in [0.15, 0.2) is 18.2 Å². The molecule has 0 atom stereocenters. The number of aliphatic hydroxyl groups is 1. The molecule has 0 aliphatic rings. The van der Waals surface area contributed by atoms with Gasteiger partial charge < -0.3 is 15.1 Å². The molecule has 0 aliphatic heterocycles. The van der Waals surface area contributed by atoms with Crippen molar-refractivity contribution in [3.63, 3.8) is 0 Å². The molecule has 0 saturated heterocycles. The van der Waals surface area contributed by atoms with Gasteiger partial charge in [0.1, 0.15) is 11.3 Å². The van der Waals surface area contributed by atoms with Crippen LogP contribution in [0.25, 0.3) is 0 Å². The summed E-state index contributed by atoms with van der Waals surface area (Å²) in [4.78, 5) is 23.4. The maximum atomic E-state index is 12.0. The first-order valence-corrected chi connectivity index (χ1v) is 5.38. The van der Waals surface area contributed by atoms with E-state index in [1.165, 1.54) is 4.90 Å². The second-order valence-corrected chi connectivity index (χ2v) is 3.57. The molecule has 1 amide bonds. The number of amides is 1. The molecule has 0 saturated carbocycles. The van der Waals surface area contributed by atoms with Crippen molar-refractivity contribution in [1.29, 1.82) is 0 Å². The van der Waals surface area contributed by atoms with Crippen molar-refractivity contribution >= 4 is 11.6 Å². The quantitative estimate of drug-likeness (QED) is 0.596. The smallest absolute Gasteiger partial charge is 0.282 e. The van der Waals surface area contributed by atoms with Gasteiger partial charge in [0, 0.05) is 19.2 Å². The predicted octanol–water partition coefficient (Wildman–Crippen LogP) is 0.755. The van der Waals surface area contributed by atoms with Gasteiger partial charge in [0.05, 0.1) is 11.5 Å². The van der Waals surface area contributed by atoms with E-state index in [-0.39, 0.29) is 30.2 Å². The Labute approximate surface area is 103 Å². The number of aromatic hydroxyl groups is 1. The van der Waals surface area contributed by atoms with Crippen molar-refractivity contribution in [2.24, 2.45) is 0 Å². The topological polar surface area (TPSA) is 104 Å². The number of aliphatic hydroxyl groups excluding tert-OH is 1. The maximum absolute atomic E-state index is 12.0. The van der Waals surface area contributed by atoms with Crippen LogP contribution in [0.1, 0.15) is 17.3 Å². The molecule has 0 heterocycles. The summed E-state index contributed by atoms with van der Waals surface area (Å²) in [6, 6.07) is 3.28. The van der Waals surface area contributed by atoms with E-state index in [9.17, 15) is 20.0 Å². The maximum Gasteiger partial charge on any atom is 0.282 e. The molecule has 0 radical (unpaired) electrons. The van der Waals surface area contributed by atoms with Gasteiger partial charge >= 0.3 is 0 Å². The predicted molar refractivity (Wildman–Crippen MR) is 63.4 cm³/mol. The van der Waals surface area contributed by atoms with Gasteiger partial charge in [-0.25, -0.2) is 0 Å². The summed E-state index contributed by atoms with van der Waals surface area (Å²) in [6.07, 6.45) is 0. The van der Waals surface area contributed by atoms with Crippen LogP contribution in [-0.2, 0) is 0 Å². The second kappa shape index (κ2) is 5.97. The lowest BCUT2D eigenvalue weighted by Gasteiger charge is -2.19. The van der Waals surface area contributed by atoms with Crippen LogP contribution >= 0.6 is 0 Å². The molecule has 2 N–H and O–H groups in total. The van der Waals surface area contributed by atoms with Gasteiger partial charge in [0.25, 0.3) is 11.6 Å². The highest BCUT2D eigenvalue weighted by atomic mass is 16.6. The zero-order valence-electron chi connectivity index (χ0n) is 9.87. The molecular weight excluding hydrogens is 240 g/mol. The minimum atomic E-state index is -0.681. The Hall–Kier alpha value is -2.15. The SMILES string of the molecule is CCN(CCO)C(=O)c1cc(O)ccc1[N+](=O)[O-]. The van der Waals surface area contributed by atoms with Crippen molar-refractivity contribution in [3.8, 4) is 5.75 Å². The highest BCUT2D eigenvalue weighted by molar-refractivity contribution is 5.98. The average molecular weight is 254 g/mol. The zero-order valence-corrected chi connectivity index (χ0v) is 9.87. The molecule has 7 heteroatoms. The van der Waals surface area contributed by atoms with Crippen molar-refractivity contribution in [2.45, 2.75) is 6.92 Å². The molecule has 98 valence electrons. The first kappa shape index (κ1) is 13.9. The monoisotopic (exact) mass is 254 g/mol. The third kappa shape index (κ3) is 2.95. The fraction of sp³-hybridized carbons (Fsp3) is 0.364. The van der Waals surface area contributed by atoms with Gasteiger partial charge in [0.2, 0.25) is 0 Å². The lowest BCUT2D eigenvalue weighted by atomic mass is 10.1. The Balaban J connectivity index is 3.17. The first-order valence-electron chi connectivity index (χ1n) is 5.38. The van der Waals surface area contributed by atoms with Crippen LogP contribution in [0.2, 0.25) is 0 Å². The van der Waals surface area contributed by atoms with E-state index in [1.807, 2.05) is 0 Å². The average Bonchev–Trinajstić information content (AvgIpc) is 2.34. The number of nitrogens with zero attached hydrogens (tertiary/aromatic N) is 2. The molecule has 0 fully saturated rings. The number of nitro groups is 1. The Kier molecular flexibility index (Phi) is 4.61. The number of likely N-dealkylation sites (N-methyl/N-ethyl adjacent to an activating group) is 1. The summed E-state index contributed by atoms with van der Waals surface area (Å²) in [5.74, 6) is -0.807. The molecule has 0 aliphatic carbocycles. The minimum absolute atomic E-state index is 0.0855. The lowest BCUT2D eigenvalue weighted by Crippen LogP contribution is -2.33. The van der Waals surface area contributed by atoms with Crippen molar-refractivity contribution in [1.82, 2.24) is 4.90 Å². The molecule has 18 heavy (non-hydrogen) atoms. The molecule has 1 aromatic carbocycles. The molecule has 7 nitrogen and oxygen atoms in total. The molecule has 0 spiro atoms. The molecule has 0 unspecified atom stereocenters. The Morgan fingerprint density at radius 3 is 2.67 bits per heavy atom. The van der Waals surface area contributed by atoms with Gasteiger partial charge in [-0.05, 0) is 19.1 Å². The first-order chi connectivity index (χ1) is 8.51. The molecule has 0 bridgehead atoms. The van der Waals surface area contributed by atoms with Crippen LogP contribution < -0.4 is 0 Å². The minimum Gasteiger partial charge on any atom is -0.508 e. The summed E-state index contributed by atoms with van der Waals surface area (Å²) in [6.45, 7) is 1.86. The largest absolute Gasteiger partial charge is 0.508 e. The standard InChI is InChI=1S/C11H14N2O5/c1-2-12(5-6-14)11(16)9-7-8(15)3-4-10(9)13(17)18/h3-4,7,14-15H,2,5-6H2,1H3. The van der Waals surface area contributed by atoms with Gasteiger partial charge in [-0.3, -0.25) is 14.9 Å². The van der Waals surface area contributed by atoms with Gasteiger partial charge in [-0.1, -0.05) is 0 Å². The third-order valence-corrected chi connectivity index (χ3v) is 2.45. The van der Waals surface area contributed by atoms with E-state index in [0.29, 0.717) is 6.54 Å². The van der Waals surface area contributed by atoms with E-state index in [4.69, 9.17) is 5.11 Å². The molecular formula is C11H14N2O5. The highest BCUT2D eigenvalue weighted by Crippen LogP contribution is 2.24. The number of phenolic OH excluding ortho intramolecular Hbond substituents is 1. The van der Waals surface area contributed by atoms with Crippen molar-refractivity contribution in [2.75, 3.05) is 19.7 Å². The van der Waals surface area contributed by atoms with Gasteiger partial charge in [0.15, 0.2) is 0 Å². The van der Waals surface area contributed by atoms with Crippen LogP contribution in [0.5, 0.6) is 5.75 Å². The van der Waals surface area contributed by atoms with Crippen molar-refractivity contribution < 1.29 is 19.9 Å². The van der Waals surface area contributed by atoms with Crippen LogP contribution in [0.4, 0.5) is 5.69 Å². The third-order valence-electron chi connectivity index (χ3n) is 2.45. The number of nitro benzene ring substituents is 1. The number of carbonyl (C=O) groups excluding carboxylic acids is 1. The summed E-state index contributed by atoms with van der Waals surface area (Å²) >= 11 is 0. The van der Waals surface area contributed by atoms with Crippen molar-refractivity contribution in [3.05, 3.63) is 33.9 Å². The normalized spacial score (nSPS) is 10.1. The lowest BCUT2D eigenvalue weighted by molar-refractivity contribution is -0.385.